The molecule has 0 unspecified atom stereocenters. The van der Waals surface area contributed by atoms with E-state index in [2.05, 4.69) is 0 Å². The van der Waals surface area contributed by atoms with E-state index in [9.17, 15) is 9.18 Å². The number of allylic oxidation sites excluding steroid dienone is 2. The summed E-state index contributed by atoms with van der Waals surface area (Å²) in [6, 6.07) is 9.77. The molecule has 24 heavy (non-hydrogen) atoms. The van der Waals surface area contributed by atoms with Crippen molar-refractivity contribution in [3.63, 3.8) is 0 Å². The van der Waals surface area contributed by atoms with Crippen molar-refractivity contribution in [2.24, 2.45) is 0 Å². The van der Waals surface area contributed by atoms with Gasteiger partial charge in [-0.3, -0.25) is 4.79 Å². The van der Waals surface area contributed by atoms with Crippen LogP contribution in [0.1, 0.15) is 30.9 Å². The predicted molar refractivity (Wildman–Crippen MR) is 84.8 cm³/mol. The van der Waals surface area contributed by atoms with Crippen LogP contribution in [0.25, 0.3) is 0 Å². The minimum absolute atomic E-state index is 0.0786. The first-order valence-electron chi connectivity index (χ1n) is 7.63. The van der Waals surface area contributed by atoms with E-state index < -0.39 is 0 Å². The van der Waals surface area contributed by atoms with Crippen molar-refractivity contribution in [2.75, 3.05) is 6.79 Å². The van der Waals surface area contributed by atoms with Crippen LogP contribution in [0.5, 0.6) is 17.2 Å². The van der Waals surface area contributed by atoms with Crippen LogP contribution in [-0.4, -0.2) is 12.6 Å². The van der Waals surface area contributed by atoms with E-state index in [0.717, 1.165) is 11.1 Å². The molecule has 4 rings (SSSR count). The molecule has 0 fully saturated rings. The number of fused-ring (bicyclic) bond motifs is 2. The molecule has 122 valence electrons. The Balaban J connectivity index is 1.93. The van der Waals surface area contributed by atoms with Gasteiger partial charge < -0.3 is 14.2 Å². The summed E-state index contributed by atoms with van der Waals surface area (Å²) in [5, 5.41) is 0. The summed E-state index contributed by atoms with van der Waals surface area (Å²) in [7, 11) is 0. The van der Waals surface area contributed by atoms with Gasteiger partial charge in [-0.1, -0.05) is 12.1 Å². The first kappa shape index (κ1) is 14.8. The molecule has 1 atom stereocenters. The highest BCUT2D eigenvalue weighted by molar-refractivity contribution is 5.97. The van der Waals surface area contributed by atoms with Crippen molar-refractivity contribution in [3.05, 3.63) is 64.7 Å². The van der Waals surface area contributed by atoms with Gasteiger partial charge in [-0.05, 0) is 37.6 Å². The number of Topliss-reactive ketones (excluding diaryl/α,β-unsaturated/α-hetero) is 1. The van der Waals surface area contributed by atoms with Gasteiger partial charge in [0.2, 0.25) is 6.79 Å². The van der Waals surface area contributed by atoms with Gasteiger partial charge in [0.25, 0.3) is 0 Å². The van der Waals surface area contributed by atoms with Crippen molar-refractivity contribution in [1.29, 1.82) is 0 Å². The molecule has 0 spiro atoms. The highest BCUT2D eigenvalue weighted by Crippen LogP contribution is 2.48. The van der Waals surface area contributed by atoms with Crippen molar-refractivity contribution < 1.29 is 23.4 Å². The van der Waals surface area contributed by atoms with E-state index in [1.54, 1.807) is 25.1 Å². The zero-order valence-electron chi connectivity index (χ0n) is 13.3. The second-order valence-electron chi connectivity index (χ2n) is 5.86. The Kier molecular flexibility index (Phi) is 3.30. The summed E-state index contributed by atoms with van der Waals surface area (Å²) >= 11 is 0. The lowest BCUT2D eigenvalue weighted by Crippen LogP contribution is -2.20. The van der Waals surface area contributed by atoms with E-state index in [0.29, 0.717) is 28.6 Å². The predicted octanol–water partition coefficient (Wildman–Crippen LogP) is 3.94. The Hall–Kier alpha value is -2.82. The first-order valence-corrected chi connectivity index (χ1v) is 7.63. The maximum absolute atomic E-state index is 13.3. The Morgan fingerprint density at radius 2 is 1.75 bits per heavy atom. The van der Waals surface area contributed by atoms with E-state index >= 15 is 0 Å². The second-order valence-corrected chi connectivity index (χ2v) is 5.86. The summed E-state index contributed by atoms with van der Waals surface area (Å²) in [5.41, 5.74) is 2.19. The van der Waals surface area contributed by atoms with Crippen LogP contribution >= 0.6 is 0 Å². The molecular weight excluding hydrogens is 311 g/mol. The fourth-order valence-corrected chi connectivity index (χ4v) is 3.28. The van der Waals surface area contributed by atoms with Crippen LogP contribution < -0.4 is 14.2 Å². The lowest BCUT2D eigenvalue weighted by atomic mass is 9.80. The molecule has 2 aromatic carbocycles. The lowest BCUT2D eigenvalue weighted by Gasteiger charge is -2.29. The van der Waals surface area contributed by atoms with Crippen LogP contribution in [0.3, 0.4) is 0 Å². The molecule has 2 aromatic rings. The zero-order chi connectivity index (χ0) is 16.8. The van der Waals surface area contributed by atoms with Gasteiger partial charge in [-0.15, -0.1) is 0 Å². The molecular formula is C19H15FO4. The third-order valence-electron chi connectivity index (χ3n) is 4.33. The Morgan fingerprint density at radius 3 is 2.42 bits per heavy atom. The van der Waals surface area contributed by atoms with E-state index in [-0.39, 0.29) is 24.3 Å². The maximum atomic E-state index is 13.3. The van der Waals surface area contributed by atoms with Crippen LogP contribution in [0.15, 0.2) is 47.7 Å². The third-order valence-corrected chi connectivity index (χ3v) is 4.33. The minimum Gasteiger partial charge on any atom is -0.461 e. The smallest absolute Gasteiger partial charge is 0.231 e. The molecule has 0 N–H and O–H groups in total. The Labute approximate surface area is 138 Å². The SMILES string of the molecule is CC(=O)C1=C(C)Oc2cc3c(cc2[C@@H]1c1ccc(F)cc1)OCO3. The van der Waals surface area contributed by atoms with E-state index in [1.807, 2.05) is 6.07 Å². The average Bonchev–Trinajstić information content (AvgIpc) is 2.99. The monoisotopic (exact) mass is 326 g/mol. The highest BCUT2D eigenvalue weighted by atomic mass is 19.1. The van der Waals surface area contributed by atoms with Crippen LogP contribution in [0.2, 0.25) is 0 Å². The molecule has 0 aliphatic carbocycles. The summed E-state index contributed by atoms with van der Waals surface area (Å²) in [5.74, 6) is 1.67. The molecule has 0 aromatic heterocycles. The number of hydrogen-bond acceptors (Lipinski definition) is 4. The normalized spacial score (nSPS) is 18.2. The molecule has 0 bridgehead atoms. The number of ether oxygens (including phenoxy) is 3. The summed E-state index contributed by atoms with van der Waals surface area (Å²) in [6.07, 6.45) is 0. The third kappa shape index (κ3) is 2.24. The zero-order valence-corrected chi connectivity index (χ0v) is 13.3. The van der Waals surface area contributed by atoms with Crippen LogP contribution in [-0.2, 0) is 4.79 Å². The average molecular weight is 326 g/mol. The van der Waals surface area contributed by atoms with Gasteiger partial charge in [-0.25, -0.2) is 4.39 Å². The fraction of sp³-hybridized carbons (Fsp3) is 0.211. The van der Waals surface area contributed by atoms with Gasteiger partial charge in [0.05, 0.1) is 0 Å². The molecule has 4 nitrogen and oxygen atoms in total. The highest BCUT2D eigenvalue weighted by Gasteiger charge is 2.34. The molecule has 0 saturated carbocycles. The number of rotatable bonds is 2. The molecule has 0 radical (unpaired) electrons. The number of benzene rings is 2. The molecule has 2 heterocycles. The van der Waals surface area contributed by atoms with E-state index in [1.165, 1.54) is 19.1 Å². The molecule has 5 heteroatoms. The summed E-state index contributed by atoms with van der Waals surface area (Å²) in [4.78, 5) is 12.2. The van der Waals surface area contributed by atoms with Crippen LogP contribution in [0, 0.1) is 5.82 Å². The maximum Gasteiger partial charge on any atom is 0.231 e. The van der Waals surface area contributed by atoms with Crippen molar-refractivity contribution in [2.45, 2.75) is 19.8 Å². The first-order chi connectivity index (χ1) is 11.5. The van der Waals surface area contributed by atoms with Crippen LogP contribution in [0.4, 0.5) is 4.39 Å². The number of ketones is 1. The number of carbonyl (C=O) groups excluding carboxylic acids is 1. The molecule has 0 amide bonds. The van der Waals surface area contributed by atoms with E-state index in [4.69, 9.17) is 14.2 Å². The van der Waals surface area contributed by atoms with Crippen molar-refractivity contribution in [1.82, 2.24) is 0 Å². The van der Waals surface area contributed by atoms with Gasteiger partial charge in [0.15, 0.2) is 17.3 Å². The Morgan fingerprint density at radius 1 is 1.08 bits per heavy atom. The molecule has 2 aliphatic heterocycles. The Bertz CT molecular complexity index is 868. The largest absolute Gasteiger partial charge is 0.461 e. The number of halogens is 1. The number of hydrogen-bond donors (Lipinski definition) is 0. The summed E-state index contributed by atoms with van der Waals surface area (Å²) in [6.45, 7) is 3.43. The van der Waals surface area contributed by atoms with Gasteiger partial charge >= 0.3 is 0 Å². The van der Waals surface area contributed by atoms with Gasteiger partial charge in [0.1, 0.15) is 17.3 Å². The topological polar surface area (TPSA) is 44.8 Å². The summed E-state index contributed by atoms with van der Waals surface area (Å²) < 4.78 is 30.0. The number of carbonyl (C=O) groups is 1. The van der Waals surface area contributed by atoms with Crippen molar-refractivity contribution in [3.8, 4) is 17.2 Å². The van der Waals surface area contributed by atoms with Crippen molar-refractivity contribution >= 4 is 5.78 Å². The van der Waals surface area contributed by atoms with Gasteiger partial charge in [-0.2, -0.15) is 0 Å². The minimum atomic E-state index is -0.332. The quantitative estimate of drug-likeness (QED) is 0.838. The standard InChI is InChI=1S/C19H15FO4/c1-10(21)18-11(2)24-15-8-17-16(22-9-23-17)7-14(15)19(18)12-3-5-13(20)6-4-12/h3-8,19H,9H2,1-2H3/t19-/m0/s1. The van der Waals surface area contributed by atoms with Gasteiger partial charge in [0, 0.05) is 23.1 Å². The molecule has 0 saturated heterocycles. The molecule has 2 aliphatic rings. The second kappa shape index (κ2) is 5.37. The fourth-order valence-electron chi connectivity index (χ4n) is 3.28. The lowest BCUT2D eigenvalue weighted by molar-refractivity contribution is -0.114.